The van der Waals surface area contributed by atoms with Gasteiger partial charge in [-0.15, -0.1) is 0 Å². The summed E-state index contributed by atoms with van der Waals surface area (Å²) in [5.74, 6) is 1.53. The van der Waals surface area contributed by atoms with Crippen molar-refractivity contribution in [2.75, 3.05) is 14.2 Å². The van der Waals surface area contributed by atoms with Crippen LogP contribution in [0.2, 0.25) is 0 Å². The van der Waals surface area contributed by atoms with E-state index >= 15 is 0 Å². The second kappa shape index (κ2) is 7.08. The fourth-order valence-electron chi connectivity index (χ4n) is 2.26. The summed E-state index contributed by atoms with van der Waals surface area (Å²) in [5.41, 5.74) is 0.600. The van der Waals surface area contributed by atoms with Gasteiger partial charge in [-0.2, -0.15) is 0 Å². The highest BCUT2D eigenvalue weighted by Gasteiger charge is 2.38. The smallest absolute Gasteiger partial charge is 0.407 e. The number of alkyl carbamates (subject to hydrolysis) is 1. The first kappa shape index (κ1) is 17.4. The van der Waals surface area contributed by atoms with E-state index in [0.29, 0.717) is 6.54 Å². The Hall–Kier alpha value is -1.95. The van der Waals surface area contributed by atoms with Crippen LogP contribution < -0.4 is 20.1 Å². The van der Waals surface area contributed by atoms with Crippen LogP contribution in [0.5, 0.6) is 11.5 Å². The zero-order valence-electron chi connectivity index (χ0n) is 14.4. The van der Waals surface area contributed by atoms with Gasteiger partial charge in [-0.3, -0.25) is 0 Å². The molecule has 0 saturated heterocycles. The summed E-state index contributed by atoms with van der Waals surface area (Å²) in [7, 11) is 3.27. The second-order valence-electron chi connectivity index (χ2n) is 6.70. The predicted octanol–water partition coefficient (Wildman–Crippen LogP) is 2.46. The van der Waals surface area contributed by atoms with Gasteiger partial charge in [0.2, 0.25) is 0 Å². The quantitative estimate of drug-likeness (QED) is 0.842. The lowest BCUT2D eigenvalue weighted by molar-refractivity contribution is 0.0522. The van der Waals surface area contributed by atoms with Gasteiger partial charge in [-0.25, -0.2) is 4.79 Å². The summed E-state index contributed by atoms with van der Waals surface area (Å²) in [6.07, 6.45) is 0.537. The number of carbonyl (C=O) groups is 1. The summed E-state index contributed by atoms with van der Waals surface area (Å²) in [6.45, 7) is 6.24. The third-order valence-electron chi connectivity index (χ3n) is 3.47. The molecule has 0 spiro atoms. The Morgan fingerprint density at radius 2 is 1.74 bits per heavy atom. The third kappa shape index (κ3) is 5.63. The summed E-state index contributed by atoms with van der Waals surface area (Å²) in [5, 5.41) is 6.28. The van der Waals surface area contributed by atoms with Gasteiger partial charge in [0.05, 0.1) is 14.2 Å². The maximum absolute atomic E-state index is 11.7. The van der Waals surface area contributed by atoms with Crippen LogP contribution in [-0.2, 0) is 11.3 Å². The molecule has 1 saturated carbocycles. The van der Waals surface area contributed by atoms with Crippen molar-refractivity contribution >= 4 is 6.09 Å². The highest BCUT2D eigenvalue weighted by molar-refractivity contribution is 5.68. The fourth-order valence-corrected chi connectivity index (χ4v) is 2.26. The Morgan fingerprint density at radius 1 is 1.13 bits per heavy atom. The average Bonchev–Trinajstić information content (AvgIpc) is 3.20. The van der Waals surface area contributed by atoms with Crippen LogP contribution in [0.25, 0.3) is 0 Å². The number of hydrogen-bond donors (Lipinski definition) is 2. The SMILES string of the molecule is COc1cc(CNC2CC2NC(=O)OC(C)(C)C)cc(OC)c1. The van der Waals surface area contributed by atoms with Crippen molar-refractivity contribution in [3.05, 3.63) is 23.8 Å². The first-order valence-corrected chi connectivity index (χ1v) is 7.75. The van der Waals surface area contributed by atoms with E-state index in [1.54, 1.807) is 14.2 Å². The van der Waals surface area contributed by atoms with Crippen LogP contribution in [0.3, 0.4) is 0 Å². The fraction of sp³-hybridized carbons (Fsp3) is 0.588. The number of amides is 1. The van der Waals surface area contributed by atoms with Gasteiger partial charge < -0.3 is 24.8 Å². The van der Waals surface area contributed by atoms with Crippen molar-refractivity contribution in [3.63, 3.8) is 0 Å². The third-order valence-corrected chi connectivity index (χ3v) is 3.47. The summed E-state index contributed by atoms with van der Waals surface area (Å²) >= 11 is 0. The molecule has 0 radical (unpaired) electrons. The van der Waals surface area contributed by atoms with Crippen molar-refractivity contribution in [2.45, 2.75) is 51.4 Å². The molecule has 0 aliphatic heterocycles. The lowest BCUT2D eigenvalue weighted by Gasteiger charge is -2.19. The average molecular weight is 322 g/mol. The molecule has 1 fully saturated rings. The molecule has 1 aliphatic carbocycles. The predicted molar refractivity (Wildman–Crippen MR) is 87.9 cm³/mol. The highest BCUT2D eigenvalue weighted by Crippen LogP contribution is 2.25. The molecule has 23 heavy (non-hydrogen) atoms. The van der Waals surface area contributed by atoms with Crippen LogP contribution in [0.4, 0.5) is 4.79 Å². The van der Waals surface area contributed by atoms with Gasteiger partial charge in [0.1, 0.15) is 17.1 Å². The van der Waals surface area contributed by atoms with E-state index in [2.05, 4.69) is 10.6 Å². The van der Waals surface area contributed by atoms with Crippen LogP contribution >= 0.6 is 0 Å². The normalized spacial score (nSPS) is 19.9. The molecule has 6 nitrogen and oxygen atoms in total. The van der Waals surface area contributed by atoms with Crippen molar-refractivity contribution < 1.29 is 19.0 Å². The molecule has 128 valence electrons. The summed E-state index contributed by atoms with van der Waals surface area (Å²) < 4.78 is 15.8. The van der Waals surface area contributed by atoms with Crippen LogP contribution in [-0.4, -0.2) is 38.0 Å². The van der Waals surface area contributed by atoms with Crippen molar-refractivity contribution in [3.8, 4) is 11.5 Å². The molecule has 1 aromatic rings. The zero-order valence-corrected chi connectivity index (χ0v) is 14.4. The van der Waals surface area contributed by atoms with Gasteiger partial charge >= 0.3 is 6.09 Å². The van der Waals surface area contributed by atoms with Gasteiger partial charge in [0.15, 0.2) is 0 Å². The lowest BCUT2D eigenvalue weighted by Crippen LogP contribution is -2.36. The number of benzene rings is 1. The number of ether oxygens (including phenoxy) is 3. The van der Waals surface area contributed by atoms with E-state index in [1.165, 1.54) is 0 Å². The Labute approximate surface area is 137 Å². The minimum absolute atomic E-state index is 0.123. The van der Waals surface area contributed by atoms with E-state index < -0.39 is 5.60 Å². The van der Waals surface area contributed by atoms with Gasteiger partial charge in [0, 0.05) is 24.7 Å². The Morgan fingerprint density at radius 3 is 2.26 bits per heavy atom. The molecule has 1 aromatic carbocycles. The van der Waals surface area contributed by atoms with Crippen molar-refractivity contribution in [1.82, 2.24) is 10.6 Å². The first-order chi connectivity index (χ1) is 10.8. The van der Waals surface area contributed by atoms with E-state index in [0.717, 1.165) is 23.5 Å². The minimum atomic E-state index is -0.473. The lowest BCUT2D eigenvalue weighted by atomic mass is 10.2. The topological polar surface area (TPSA) is 68.8 Å². The van der Waals surface area contributed by atoms with Gasteiger partial charge in [-0.1, -0.05) is 0 Å². The number of carbonyl (C=O) groups excluding carboxylic acids is 1. The van der Waals surface area contributed by atoms with Crippen molar-refractivity contribution in [2.24, 2.45) is 0 Å². The van der Waals surface area contributed by atoms with Gasteiger partial charge in [-0.05, 0) is 44.9 Å². The van der Waals surface area contributed by atoms with E-state index in [-0.39, 0.29) is 18.2 Å². The maximum Gasteiger partial charge on any atom is 0.407 e. The maximum atomic E-state index is 11.7. The van der Waals surface area contributed by atoms with E-state index in [9.17, 15) is 4.79 Å². The Kier molecular flexibility index (Phi) is 5.36. The summed E-state index contributed by atoms with van der Waals surface area (Å²) in [4.78, 5) is 11.7. The van der Waals surface area contributed by atoms with E-state index in [1.807, 2.05) is 39.0 Å². The number of nitrogens with one attached hydrogen (secondary N) is 2. The first-order valence-electron chi connectivity index (χ1n) is 7.75. The minimum Gasteiger partial charge on any atom is -0.497 e. The molecule has 1 aliphatic rings. The molecule has 2 unspecified atom stereocenters. The molecule has 0 aromatic heterocycles. The number of rotatable bonds is 6. The van der Waals surface area contributed by atoms with Crippen LogP contribution in [0.15, 0.2) is 18.2 Å². The van der Waals surface area contributed by atoms with Gasteiger partial charge in [0.25, 0.3) is 0 Å². The van der Waals surface area contributed by atoms with Crippen LogP contribution in [0, 0.1) is 0 Å². The largest absolute Gasteiger partial charge is 0.497 e. The molecular formula is C17H26N2O4. The Bertz CT molecular complexity index is 532. The molecule has 2 rings (SSSR count). The van der Waals surface area contributed by atoms with Crippen LogP contribution in [0.1, 0.15) is 32.8 Å². The molecule has 2 N–H and O–H groups in total. The molecule has 0 bridgehead atoms. The molecular weight excluding hydrogens is 296 g/mol. The zero-order chi connectivity index (χ0) is 17.0. The highest BCUT2D eigenvalue weighted by atomic mass is 16.6. The Balaban J connectivity index is 1.79. The summed E-state index contributed by atoms with van der Waals surface area (Å²) in [6, 6.07) is 6.16. The second-order valence-corrected chi connectivity index (χ2v) is 6.70. The van der Waals surface area contributed by atoms with E-state index in [4.69, 9.17) is 14.2 Å². The molecule has 0 heterocycles. The molecule has 2 atom stereocenters. The van der Waals surface area contributed by atoms with Crippen molar-refractivity contribution in [1.29, 1.82) is 0 Å². The monoisotopic (exact) mass is 322 g/mol. The number of hydrogen-bond acceptors (Lipinski definition) is 5. The molecule has 6 heteroatoms. The standard InChI is InChI=1S/C17H26N2O4/c1-17(2,3)23-16(20)19-15-9-14(15)18-10-11-6-12(21-4)8-13(7-11)22-5/h6-8,14-15,18H,9-10H2,1-5H3,(H,19,20). The number of methoxy groups -OCH3 is 2. The molecule has 1 amide bonds.